The van der Waals surface area contributed by atoms with Crippen LogP contribution in [-0.2, 0) is 14.4 Å². The van der Waals surface area contributed by atoms with Crippen molar-refractivity contribution >= 4 is 17.7 Å². The van der Waals surface area contributed by atoms with E-state index < -0.39 is 5.91 Å². The van der Waals surface area contributed by atoms with Gasteiger partial charge in [0.25, 0.3) is 5.91 Å². The maximum atomic E-state index is 12.4. The molecule has 5 heteroatoms. The summed E-state index contributed by atoms with van der Waals surface area (Å²) in [6, 6.07) is 0. The number of nitrogens with zero attached hydrogens (tertiary/aromatic N) is 2. The number of imide groups is 1. The highest BCUT2D eigenvalue weighted by Crippen LogP contribution is 2.18. The van der Waals surface area contributed by atoms with E-state index in [1.807, 2.05) is 0 Å². The van der Waals surface area contributed by atoms with E-state index in [-0.39, 0.29) is 24.9 Å². The van der Waals surface area contributed by atoms with E-state index in [2.05, 4.69) is 13.5 Å². The predicted octanol–water partition coefficient (Wildman–Crippen LogP) is 2.63. The molecular weight excluding hydrogens is 280 g/mol. The molecule has 0 unspecified atom stereocenters. The first kappa shape index (κ1) is 18.1. The van der Waals surface area contributed by atoms with E-state index in [4.69, 9.17) is 0 Å². The fourth-order valence-corrected chi connectivity index (χ4v) is 2.45. The van der Waals surface area contributed by atoms with Crippen molar-refractivity contribution in [3.63, 3.8) is 0 Å². The zero-order valence-corrected chi connectivity index (χ0v) is 13.6. The lowest BCUT2D eigenvalue weighted by Crippen LogP contribution is -2.53. The second kappa shape index (κ2) is 9.18. The quantitative estimate of drug-likeness (QED) is 0.393. The number of piperazine rings is 1. The molecule has 1 aliphatic heterocycles. The molecule has 0 radical (unpaired) electrons. The largest absolute Gasteiger partial charge is 0.302 e. The first-order valence-electron chi connectivity index (χ1n) is 7.96. The van der Waals surface area contributed by atoms with Gasteiger partial charge in [-0.1, -0.05) is 44.8 Å². The molecule has 5 nitrogen and oxygen atoms in total. The molecule has 22 heavy (non-hydrogen) atoms. The van der Waals surface area contributed by atoms with Gasteiger partial charge in [-0.2, -0.15) is 0 Å². The smallest absolute Gasteiger partial charge is 0.277 e. The van der Waals surface area contributed by atoms with Crippen LogP contribution in [0, 0.1) is 0 Å². The molecule has 0 aromatic heterocycles. The Balaban J connectivity index is 2.77. The molecule has 1 saturated heterocycles. The Hall–Kier alpha value is -1.91. The van der Waals surface area contributed by atoms with Gasteiger partial charge in [-0.25, -0.2) is 0 Å². The van der Waals surface area contributed by atoms with Crippen LogP contribution >= 0.6 is 0 Å². The molecule has 0 aromatic rings. The minimum absolute atomic E-state index is 0.185. The van der Waals surface area contributed by atoms with Crippen LogP contribution in [0.5, 0.6) is 0 Å². The molecule has 1 aliphatic rings. The zero-order chi connectivity index (χ0) is 16.5. The fourth-order valence-electron chi connectivity index (χ4n) is 2.45. The van der Waals surface area contributed by atoms with Crippen LogP contribution in [0.4, 0.5) is 0 Å². The summed E-state index contributed by atoms with van der Waals surface area (Å²) >= 11 is 0. The number of allylic oxidation sites excluding steroid dienone is 1. The molecule has 0 saturated carbocycles. The summed E-state index contributed by atoms with van der Waals surface area (Å²) < 4.78 is 0. The molecule has 1 heterocycles. The Kier molecular flexibility index (Phi) is 7.57. The standard InChI is InChI=1S/C17H26N2O3/c1-4-6-7-8-9-10-11-15-17(22)19(14(3)20)13-16(21)18(15)12-5-2/h5,11H,2,4,6-10,12-13H2,1,3H3/b15-11+. The molecular formula is C17H26N2O3. The Labute approximate surface area is 132 Å². The molecule has 0 atom stereocenters. The van der Waals surface area contributed by atoms with Crippen LogP contribution in [0.3, 0.4) is 0 Å². The fraction of sp³-hybridized carbons (Fsp3) is 0.588. The second-order valence-corrected chi connectivity index (χ2v) is 5.50. The normalized spacial score (nSPS) is 17.3. The van der Waals surface area contributed by atoms with Gasteiger partial charge in [-0.05, 0) is 12.8 Å². The van der Waals surface area contributed by atoms with E-state index in [1.165, 1.54) is 31.1 Å². The maximum absolute atomic E-state index is 12.4. The van der Waals surface area contributed by atoms with Crippen LogP contribution in [0.25, 0.3) is 0 Å². The van der Waals surface area contributed by atoms with Crippen molar-refractivity contribution in [1.29, 1.82) is 0 Å². The monoisotopic (exact) mass is 306 g/mol. The van der Waals surface area contributed by atoms with Crippen molar-refractivity contribution in [1.82, 2.24) is 9.80 Å². The first-order valence-corrected chi connectivity index (χ1v) is 7.96. The Morgan fingerprint density at radius 1 is 1.23 bits per heavy atom. The third kappa shape index (κ3) is 4.83. The Bertz CT molecular complexity index is 469. The van der Waals surface area contributed by atoms with Gasteiger partial charge in [0.15, 0.2) is 0 Å². The van der Waals surface area contributed by atoms with Crippen LogP contribution < -0.4 is 0 Å². The molecule has 0 bridgehead atoms. The number of hydrogen-bond donors (Lipinski definition) is 0. The molecule has 1 fully saturated rings. The lowest BCUT2D eigenvalue weighted by Gasteiger charge is -2.33. The Morgan fingerprint density at radius 2 is 1.91 bits per heavy atom. The summed E-state index contributed by atoms with van der Waals surface area (Å²) in [5, 5.41) is 0. The lowest BCUT2D eigenvalue weighted by molar-refractivity contribution is -0.152. The molecule has 122 valence electrons. The SMILES string of the molecule is C=CCN1C(=O)CN(C(C)=O)C(=O)/C1=C\CCCCCCC. The van der Waals surface area contributed by atoms with Crippen molar-refractivity contribution in [3.05, 3.63) is 24.4 Å². The van der Waals surface area contributed by atoms with Gasteiger partial charge in [0.1, 0.15) is 12.2 Å². The van der Waals surface area contributed by atoms with E-state index >= 15 is 0 Å². The highest BCUT2D eigenvalue weighted by molar-refractivity contribution is 6.10. The summed E-state index contributed by atoms with van der Waals surface area (Å²) in [5.41, 5.74) is 0.307. The molecule has 0 spiro atoms. The van der Waals surface area contributed by atoms with Crippen LogP contribution in [0.1, 0.15) is 52.4 Å². The lowest BCUT2D eigenvalue weighted by atomic mass is 10.1. The van der Waals surface area contributed by atoms with Gasteiger partial charge in [0.05, 0.1) is 0 Å². The summed E-state index contributed by atoms with van der Waals surface area (Å²) in [7, 11) is 0. The highest BCUT2D eigenvalue weighted by Gasteiger charge is 2.35. The van der Waals surface area contributed by atoms with Crippen LogP contribution in [0.15, 0.2) is 24.4 Å². The third-order valence-corrected chi connectivity index (χ3v) is 3.69. The summed E-state index contributed by atoms with van der Waals surface area (Å²) in [5.74, 6) is -1.03. The molecule has 0 N–H and O–H groups in total. The summed E-state index contributed by atoms with van der Waals surface area (Å²) in [6.07, 6.45) is 9.78. The molecule has 1 rings (SSSR count). The van der Waals surface area contributed by atoms with Gasteiger partial charge in [-0.3, -0.25) is 19.3 Å². The van der Waals surface area contributed by atoms with Gasteiger partial charge in [0, 0.05) is 13.5 Å². The minimum Gasteiger partial charge on any atom is -0.302 e. The molecule has 0 aromatic carbocycles. The highest BCUT2D eigenvalue weighted by atomic mass is 16.2. The first-order chi connectivity index (χ1) is 10.5. The predicted molar refractivity (Wildman–Crippen MR) is 85.8 cm³/mol. The summed E-state index contributed by atoms with van der Waals surface area (Å²) in [4.78, 5) is 38.4. The van der Waals surface area contributed by atoms with Gasteiger partial charge in [-0.15, -0.1) is 6.58 Å². The minimum atomic E-state index is -0.398. The topological polar surface area (TPSA) is 57.7 Å². The van der Waals surface area contributed by atoms with E-state index in [9.17, 15) is 14.4 Å². The van der Waals surface area contributed by atoms with E-state index in [0.29, 0.717) is 5.70 Å². The number of rotatable bonds is 8. The summed E-state index contributed by atoms with van der Waals surface area (Å²) in [6.45, 7) is 7.19. The molecule has 0 aliphatic carbocycles. The van der Waals surface area contributed by atoms with Gasteiger partial charge >= 0.3 is 0 Å². The van der Waals surface area contributed by atoms with E-state index in [0.717, 1.165) is 24.2 Å². The maximum Gasteiger partial charge on any atom is 0.277 e. The van der Waals surface area contributed by atoms with Crippen molar-refractivity contribution in [2.45, 2.75) is 52.4 Å². The third-order valence-electron chi connectivity index (χ3n) is 3.69. The average molecular weight is 306 g/mol. The van der Waals surface area contributed by atoms with Crippen molar-refractivity contribution in [2.24, 2.45) is 0 Å². The van der Waals surface area contributed by atoms with Crippen LogP contribution in [-0.4, -0.2) is 40.6 Å². The molecule has 3 amide bonds. The van der Waals surface area contributed by atoms with Crippen LogP contribution in [0.2, 0.25) is 0 Å². The van der Waals surface area contributed by atoms with Gasteiger partial charge < -0.3 is 4.90 Å². The number of hydrogen-bond acceptors (Lipinski definition) is 3. The van der Waals surface area contributed by atoms with Gasteiger partial charge in [0.2, 0.25) is 11.8 Å². The van der Waals surface area contributed by atoms with Crippen molar-refractivity contribution < 1.29 is 14.4 Å². The number of carbonyl (C=O) groups is 3. The average Bonchev–Trinajstić information content (AvgIpc) is 2.48. The Morgan fingerprint density at radius 3 is 2.50 bits per heavy atom. The zero-order valence-electron chi connectivity index (χ0n) is 13.6. The second-order valence-electron chi connectivity index (χ2n) is 5.50. The number of amides is 3. The van der Waals surface area contributed by atoms with Crippen molar-refractivity contribution in [2.75, 3.05) is 13.1 Å². The number of carbonyl (C=O) groups excluding carboxylic acids is 3. The number of unbranched alkanes of at least 4 members (excludes halogenated alkanes) is 5. The van der Waals surface area contributed by atoms with E-state index in [1.54, 1.807) is 12.2 Å². The van der Waals surface area contributed by atoms with Crippen molar-refractivity contribution in [3.8, 4) is 0 Å².